The predicted octanol–water partition coefficient (Wildman–Crippen LogP) is 6.27. The maximum absolute atomic E-state index is 13.6. The number of benzene rings is 2. The van der Waals surface area contributed by atoms with Crippen LogP contribution in [0, 0.1) is 6.92 Å². The second-order valence-corrected chi connectivity index (χ2v) is 8.94. The van der Waals surface area contributed by atoms with Gasteiger partial charge in [0.15, 0.2) is 5.13 Å². The van der Waals surface area contributed by atoms with Crippen LogP contribution in [0.25, 0.3) is 10.2 Å². The SMILES string of the molecule is COc1ccc(C)c2sc(N(Cc3cccnc3)C(=O)c3cc(Br)ccc3Cl)nc12. The zero-order chi connectivity index (χ0) is 21.3. The largest absolute Gasteiger partial charge is 0.494 e. The minimum Gasteiger partial charge on any atom is -0.494 e. The van der Waals surface area contributed by atoms with Gasteiger partial charge in [-0.1, -0.05) is 51.0 Å². The third-order valence-corrected chi connectivity index (χ3v) is 6.65. The zero-order valence-electron chi connectivity index (χ0n) is 16.2. The molecule has 2 heterocycles. The molecule has 0 bridgehead atoms. The van der Waals surface area contributed by atoms with Crippen molar-refractivity contribution in [1.82, 2.24) is 9.97 Å². The van der Waals surface area contributed by atoms with Crippen molar-refractivity contribution in [1.29, 1.82) is 0 Å². The molecule has 0 fully saturated rings. The molecule has 1 amide bonds. The van der Waals surface area contributed by atoms with Gasteiger partial charge in [0.05, 0.1) is 28.9 Å². The Balaban J connectivity index is 1.85. The second-order valence-electron chi connectivity index (χ2n) is 6.64. The lowest BCUT2D eigenvalue weighted by Crippen LogP contribution is -2.30. The highest BCUT2D eigenvalue weighted by Crippen LogP contribution is 2.37. The topological polar surface area (TPSA) is 55.3 Å². The average Bonchev–Trinajstić information content (AvgIpc) is 3.20. The lowest BCUT2D eigenvalue weighted by atomic mass is 10.2. The van der Waals surface area contributed by atoms with Gasteiger partial charge in [0.1, 0.15) is 11.3 Å². The molecule has 0 unspecified atom stereocenters. The van der Waals surface area contributed by atoms with Crippen molar-refractivity contribution in [3.8, 4) is 5.75 Å². The Hall–Kier alpha value is -2.48. The molecule has 0 N–H and O–H groups in total. The van der Waals surface area contributed by atoms with Crippen LogP contribution in [0.1, 0.15) is 21.5 Å². The fraction of sp³-hybridized carbons (Fsp3) is 0.136. The van der Waals surface area contributed by atoms with E-state index in [1.54, 1.807) is 42.6 Å². The van der Waals surface area contributed by atoms with Gasteiger partial charge < -0.3 is 4.74 Å². The monoisotopic (exact) mass is 501 g/mol. The summed E-state index contributed by atoms with van der Waals surface area (Å²) in [6, 6.07) is 12.9. The van der Waals surface area contributed by atoms with Gasteiger partial charge in [0.25, 0.3) is 5.91 Å². The number of halogens is 2. The highest BCUT2D eigenvalue weighted by molar-refractivity contribution is 9.10. The van der Waals surface area contributed by atoms with Crippen LogP contribution in [0.5, 0.6) is 5.75 Å². The number of aryl methyl sites for hydroxylation is 1. The molecule has 0 spiro atoms. The van der Waals surface area contributed by atoms with E-state index in [9.17, 15) is 4.79 Å². The molecule has 4 aromatic rings. The van der Waals surface area contributed by atoms with Gasteiger partial charge in [-0.15, -0.1) is 0 Å². The summed E-state index contributed by atoms with van der Waals surface area (Å²) in [7, 11) is 1.61. The number of anilines is 1. The number of amides is 1. The molecule has 30 heavy (non-hydrogen) atoms. The Morgan fingerprint density at radius 2 is 2.10 bits per heavy atom. The maximum atomic E-state index is 13.6. The minimum atomic E-state index is -0.235. The number of thiazole rings is 1. The Morgan fingerprint density at radius 3 is 2.83 bits per heavy atom. The summed E-state index contributed by atoms with van der Waals surface area (Å²) in [4.78, 5) is 24.1. The summed E-state index contributed by atoms with van der Waals surface area (Å²) < 4.78 is 7.23. The molecule has 0 saturated heterocycles. The number of hydrogen-bond donors (Lipinski definition) is 0. The summed E-state index contributed by atoms with van der Waals surface area (Å²) in [5.41, 5.74) is 3.10. The van der Waals surface area contributed by atoms with Crippen LogP contribution in [0.15, 0.2) is 59.3 Å². The molecule has 2 aromatic carbocycles. The summed E-state index contributed by atoms with van der Waals surface area (Å²) in [5.74, 6) is 0.438. The van der Waals surface area contributed by atoms with Crippen LogP contribution in [-0.4, -0.2) is 23.0 Å². The Kier molecular flexibility index (Phi) is 6.04. The molecule has 0 atom stereocenters. The van der Waals surface area contributed by atoms with Gasteiger partial charge in [0, 0.05) is 16.9 Å². The van der Waals surface area contributed by atoms with Crippen molar-refractivity contribution in [3.05, 3.63) is 81.0 Å². The van der Waals surface area contributed by atoms with E-state index in [2.05, 4.69) is 20.9 Å². The van der Waals surface area contributed by atoms with Crippen LogP contribution in [0.2, 0.25) is 5.02 Å². The molecule has 0 aliphatic heterocycles. The molecule has 8 heteroatoms. The van der Waals surface area contributed by atoms with Crippen molar-refractivity contribution < 1.29 is 9.53 Å². The van der Waals surface area contributed by atoms with Crippen LogP contribution < -0.4 is 9.64 Å². The quantitative estimate of drug-likeness (QED) is 0.323. The molecule has 152 valence electrons. The number of carbonyl (C=O) groups excluding carboxylic acids is 1. The van der Waals surface area contributed by atoms with Crippen LogP contribution >= 0.6 is 38.9 Å². The van der Waals surface area contributed by atoms with Gasteiger partial charge in [-0.2, -0.15) is 0 Å². The number of rotatable bonds is 5. The van der Waals surface area contributed by atoms with Gasteiger partial charge in [0.2, 0.25) is 0 Å². The first-order chi connectivity index (χ1) is 14.5. The highest BCUT2D eigenvalue weighted by Gasteiger charge is 2.25. The normalized spacial score (nSPS) is 10.9. The number of methoxy groups -OCH3 is 1. The fourth-order valence-electron chi connectivity index (χ4n) is 3.09. The van der Waals surface area contributed by atoms with Crippen molar-refractivity contribution in [3.63, 3.8) is 0 Å². The van der Waals surface area contributed by atoms with E-state index < -0.39 is 0 Å². The van der Waals surface area contributed by atoms with E-state index in [4.69, 9.17) is 21.3 Å². The molecule has 5 nitrogen and oxygen atoms in total. The first-order valence-corrected chi connectivity index (χ1v) is 11.1. The lowest BCUT2D eigenvalue weighted by Gasteiger charge is -2.20. The highest BCUT2D eigenvalue weighted by atomic mass is 79.9. The first-order valence-electron chi connectivity index (χ1n) is 9.08. The van der Waals surface area contributed by atoms with E-state index in [0.717, 1.165) is 25.8 Å². The second kappa shape index (κ2) is 8.71. The molecular formula is C22H17BrClN3O2S. The van der Waals surface area contributed by atoms with Crippen LogP contribution in [0.3, 0.4) is 0 Å². The van der Waals surface area contributed by atoms with Crippen molar-refractivity contribution in [2.75, 3.05) is 12.0 Å². The Labute approximate surface area is 191 Å². The fourth-order valence-corrected chi connectivity index (χ4v) is 4.69. The molecule has 0 saturated carbocycles. The molecular weight excluding hydrogens is 486 g/mol. The number of aromatic nitrogens is 2. The first kappa shape index (κ1) is 20.8. The van der Waals surface area contributed by atoms with E-state index in [-0.39, 0.29) is 5.91 Å². The number of pyridine rings is 1. The van der Waals surface area contributed by atoms with E-state index in [1.807, 2.05) is 31.2 Å². The summed E-state index contributed by atoms with van der Waals surface area (Å²) in [6.45, 7) is 2.33. The van der Waals surface area contributed by atoms with Crippen molar-refractivity contribution in [2.45, 2.75) is 13.5 Å². The van der Waals surface area contributed by atoms with Crippen LogP contribution in [-0.2, 0) is 6.54 Å². The molecule has 4 rings (SSSR count). The Bertz CT molecular complexity index is 1230. The smallest absolute Gasteiger partial charge is 0.261 e. The summed E-state index contributed by atoms with van der Waals surface area (Å²) in [5, 5.41) is 0.955. The Morgan fingerprint density at radius 1 is 1.27 bits per heavy atom. The summed E-state index contributed by atoms with van der Waals surface area (Å²) in [6.07, 6.45) is 3.44. The van der Waals surface area contributed by atoms with Crippen LogP contribution in [0.4, 0.5) is 5.13 Å². The lowest BCUT2D eigenvalue weighted by molar-refractivity contribution is 0.0985. The third-order valence-electron chi connectivity index (χ3n) is 4.61. The number of ether oxygens (including phenoxy) is 1. The predicted molar refractivity (Wildman–Crippen MR) is 125 cm³/mol. The zero-order valence-corrected chi connectivity index (χ0v) is 19.4. The number of fused-ring (bicyclic) bond motifs is 1. The van der Waals surface area contributed by atoms with E-state index >= 15 is 0 Å². The van der Waals surface area contributed by atoms with Gasteiger partial charge >= 0.3 is 0 Å². The van der Waals surface area contributed by atoms with Crippen molar-refractivity contribution in [2.24, 2.45) is 0 Å². The molecule has 0 aliphatic carbocycles. The van der Waals surface area contributed by atoms with E-state index in [1.165, 1.54) is 11.3 Å². The molecule has 0 radical (unpaired) electrons. The van der Waals surface area contributed by atoms with Crippen molar-refractivity contribution >= 4 is 60.1 Å². The average molecular weight is 503 g/mol. The van der Waals surface area contributed by atoms with E-state index in [0.29, 0.717) is 28.0 Å². The summed E-state index contributed by atoms with van der Waals surface area (Å²) >= 11 is 11.2. The number of nitrogens with zero attached hydrogens (tertiary/aromatic N) is 3. The molecule has 0 aliphatic rings. The number of hydrogen-bond acceptors (Lipinski definition) is 5. The standard InChI is InChI=1S/C22H17BrClN3O2S/c1-13-5-8-18(29-2)19-20(13)30-22(26-19)27(12-14-4-3-9-25-11-14)21(28)16-10-15(23)6-7-17(16)24/h3-11H,12H2,1-2H3. The number of carbonyl (C=O) groups is 1. The maximum Gasteiger partial charge on any atom is 0.261 e. The van der Waals surface area contributed by atoms with Gasteiger partial charge in [-0.25, -0.2) is 4.98 Å². The molecule has 2 aromatic heterocycles. The minimum absolute atomic E-state index is 0.235. The van der Waals surface area contributed by atoms with Gasteiger partial charge in [-0.3, -0.25) is 14.7 Å². The van der Waals surface area contributed by atoms with Gasteiger partial charge in [-0.05, 0) is 48.4 Å². The third kappa shape index (κ3) is 4.05.